The Labute approximate surface area is 122 Å². The van der Waals surface area contributed by atoms with Crippen molar-refractivity contribution < 1.29 is 0 Å². The van der Waals surface area contributed by atoms with Crippen LogP contribution in [0.3, 0.4) is 0 Å². The lowest BCUT2D eigenvalue weighted by Crippen LogP contribution is -2.18. The van der Waals surface area contributed by atoms with E-state index in [-0.39, 0.29) is 0 Å². The molecule has 1 aromatic rings. The van der Waals surface area contributed by atoms with Crippen molar-refractivity contribution in [1.29, 1.82) is 0 Å². The molecule has 1 aromatic carbocycles. The predicted octanol–water partition coefficient (Wildman–Crippen LogP) is 4.08. The van der Waals surface area contributed by atoms with Gasteiger partial charge in [-0.1, -0.05) is 41.5 Å². The number of anilines is 1. The highest BCUT2D eigenvalue weighted by atomic mass is 79.9. The first-order valence-corrected chi connectivity index (χ1v) is 7.60. The smallest absolute Gasteiger partial charge is 0.106 e. The number of nitrogens with two attached hydrogens (primary N) is 1. The molecule has 18 heavy (non-hydrogen) atoms. The Morgan fingerprint density at radius 2 is 2.22 bits per heavy atom. The average Bonchev–Trinajstić information content (AvgIpc) is 3.08. The third kappa shape index (κ3) is 3.23. The van der Waals surface area contributed by atoms with E-state index in [4.69, 9.17) is 18.0 Å². The summed E-state index contributed by atoms with van der Waals surface area (Å²) in [6.45, 7) is 3.28. The van der Waals surface area contributed by atoms with Crippen LogP contribution in [0.4, 0.5) is 5.69 Å². The van der Waals surface area contributed by atoms with Gasteiger partial charge in [0.2, 0.25) is 0 Å². The van der Waals surface area contributed by atoms with Gasteiger partial charge >= 0.3 is 0 Å². The van der Waals surface area contributed by atoms with E-state index < -0.39 is 0 Å². The molecule has 0 heterocycles. The van der Waals surface area contributed by atoms with E-state index in [0.29, 0.717) is 10.4 Å². The molecule has 0 atom stereocenters. The minimum Gasteiger partial charge on any atom is -0.389 e. The van der Waals surface area contributed by atoms with Crippen LogP contribution in [-0.2, 0) is 0 Å². The van der Waals surface area contributed by atoms with Crippen molar-refractivity contribution in [1.82, 2.24) is 0 Å². The molecule has 2 rings (SSSR count). The molecule has 0 unspecified atom stereocenters. The topological polar surface area (TPSA) is 38.0 Å². The maximum Gasteiger partial charge on any atom is 0.106 e. The summed E-state index contributed by atoms with van der Waals surface area (Å²) < 4.78 is 1.01. The largest absolute Gasteiger partial charge is 0.389 e. The summed E-state index contributed by atoms with van der Waals surface area (Å²) >= 11 is 8.55. The van der Waals surface area contributed by atoms with Gasteiger partial charge in [-0.2, -0.15) is 0 Å². The van der Waals surface area contributed by atoms with E-state index in [1.54, 1.807) is 0 Å². The fourth-order valence-electron chi connectivity index (χ4n) is 2.38. The molecule has 1 saturated carbocycles. The first kappa shape index (κ1) is 13.8. The predicted molar refractivity (Wildman–Crippen MR) is 85.1 cm³/mol. The molecule has 1 fully saturated rings. The molecule has 0 aliphatic heterocycles. The summed E-state index contributed by atoms with van der Waals surface area (Å²) in [6.07, 6.45) is 5.24. The molecule has 0 aromatic heterocycles. The summed E-state index contributed by atoms with van der Waals surface area (Å²) in [5.74, 6) is 0. The van der Waals surface area contributed by atoms with Crippen LogP contribution in [0.1, 0.15) is 38.2 Å². The fraction of sp³-hybridized carbons (Fsp3) is 0.500. The maximum absolute atomic E-state index is 5.77. The van der Waals surface area contributed by atoms with Gasteiger partial charge in [-0.05, 0) is 42.9 Å². The lowest BCUT2D eigenvalue weighted by atomic mass is 10.0. The van der Waals surface area contributed by atoms with E-state index in [1.165, 1.54) is 25.7 Å². The van der Waals surface area contributed by atoms with Crippen molar-refractivity contribution in [3.8, 4) is 0 Å². The lowest BCUT2D eigenvalue weighted by molar-refractivity contribution is 0.485. The summed E-state index contributed by atoms with van der Waals surface area (Å²) in [5, 5.41) is 3.52. The van der Waals surface area contributed by atoms with Gasteiger partial charge in [-0.15, -0.1) is 0 Å². The first-order chi connectivity index (χ1) is 8.56. The van der Waals surface area contributed by atoms with Gasteiger partial charge in [0, 0.05) is 22.3 Å². The second-order valence-corrected chi connectivity index (χ2v) is 6.51. The minimum absolute atomic E-state index is 0.444. The Morgan fingerprint density at radius 3 is 2.78 bits per heavy atom. The van der Waals surface area contributed by atoms with Crippen LogP contribution < -0.4 is 11.1 Å². The van der Waals surface area contributed by atoms with Gasteiger partial charge in [-0.25, -0.2) is 0 Å². The first-order valence-electron chi connectivity index (χ1n) is 6.39. The zero-order valence-electron chi connectivity index (χ0n) is 10.6. The van der Waals surface area contributed by atoms with Gasteiger partial charge in [0.15, 0.2) is 0 Å². The number of hydrogen-bond donors (Lipinski definition) is 2. The molecule has 3 N–H and O–H groups in total. The second-order valence-electron chi connectivity index (χ2n) is 5.16. The highest BCUT2D eigenvalue weighted by molar-refractivity contribution is 9.10. The van der Waals surface area contributed by atoms with Crippen molar-refractivity contribution in [3.63, 3.8) is 0 Å². The van der Waals surface area contributed by atoms with Gasteiger partial charge in [0.05, 0.1) is 0 Å². The standard InChI is InChI=1S/C14H19BrN2S/c1-2-5-14(6-7-14)9-17-12-4-3-10(15)8-11(12)13(16)18/h3-4,8,17H,2,5-7,9H2,1H3,(H2,16,18). The molecule has 4 heteroatoms. The minimum atomic E-state index is 0.444. The molecule has 1 aliphatic carbocycles. The monoisotopic (exact) mass is 326 g/mol. The average molecular weight is 327 g/mol. The number of nitrogens with one attached hydrogen (secondary N) is 1. The van der Waals surface area contributed by atoms with Crippen LogP contribution >= 0.6 is 28.1 Å². The maximum atomic E-state index is 5.77. The fourth-order valence-corrected chi connectivity index (χ4v) is 2.91. The number of benzene rings is 1. The molecule has 0 amide bonds. The molecule has 0 spiro atoms. The zero-order chi connectivity index (χ0) is 13.2. The van der Waals surface area contributed by atoms with Crippen molar-refractivity contribution >= 4 is 38.8 Å². The SMILES string of the molecule is CCCC1(CNc2ccc(Br)cc2C(N)=S)CC1. The van der Waals surface area contributed by atoms with Crippen LogP contribution in [0.25, 0.3) is 0 Å². The van der Waals surface area contributed by atoms with E-state index in [1.807, 2.05) is 18.2 Å². The third-order valence-corrected chi connectivity index (χ3v) is 4.35. The van der Waals surface area contributed by atoms with Crippen LogP contribution in [0.2, 0.25) is 0 Å². The zero-order valence-corrected chi connectivity index (χ0v) is 13.0. The summed E-state index contributed by atoms with van der Waals surface area (Å²) in [4.78, 5) is 0.444. The quantitative estimate of drug-likeness (QED) is 0.774. The van der Waals surface area contributed by atoms with Crippen molar-refractivity contribution in [2.75, 3.05) is 11.9 Å². The molecule has 0 bridgehead atoms. The molecule has 0 saturated heterocycles. The van der Waals surface area contributed by atoms with Crippen molar-refractivity contribution in [2.24, 2.45) is 11.1 Å². The van der Waals surface area contributed by atoms with Gasteiger partial charge < -0.3 is 11.1 Å². The molecule has 0 radical (unpaired) electrons. The molecule has 1 aliphatic rings. The second kappa shape index (κ2) is 5.57. The van der Waals surface area contributed by atoms with E-state index in [2.05, 4.69) is 28.2 Å². The summed E-state index contributed by atoms with van der Waals surface area (Å²) in [5.41, 5.74) is 8.26. The lowest BCUT2D eigenvalue weighted by Gasteiger charge is -2.18. The third-order valence-electron chi connectivity index (χ3n) is 3.64. The molecular weight excluding hydrogens is 308 g/mol. The summed E-state index contributed by atoms with van der Waals surface area (Å²) in [7, 11) is 0. The van der Waals surface area contributed by atoms with Gasteiger partial charge in [0.25, 0.3) is 0 Å². The Kier molecular flexibility index (Phi) is 4.28. The van der Waals surface area contributed by atoms with Crippen LogP contribution in [-0.4, -0.2) is 11.5 Å². The number of thiocarbonyl (C=S) groups is 1. The van der Waals surface area contributed by atoms with Crippen molar-refractivity contribution in [2.45, 2.75) is 32.6 Å². The van der Waals surface area contributed by atoms with Crippen LogP contribution in [0.15, 0.2) is 22.7 Å². The van der Waals surface area contributed by atoms with E-state index in [9.17, 15) is 0 Å². The van der Waals surface area contributed by atoms with Gasteiger partial charge in [-0.3, -0.25) is 0 Å². The number of halogens is 1. The summed E-state index contributed by atoms with van der Waals surface area (Å²) in [6, 6.07) is 6.04. The number of rotatable bonds is 6. The Hall–Kier alpha value is -0.610. The normalized spacial score (nSPS) is 16.3. The van der Waals surface area contributed by atoms with Crippen molar-refractivity contribution in [3.05, 3.63) is 28.2 Å². The molecule has 2 nitrogen and oxygen atoms in total. The Morgan fingerprint density at radius 1 is 1.50 bits per heavy atom. The highest BCUT2D eigenvalue weighted by Crippen LogP contribution is 2.49. The van der Waals surface area contributed by atoms with E-state index in [0.717, 1.165) is 22.3 Å². The van der Waals surface area contributed by atoms with Crippen LogP contribution in [0.5, 0.6) is 0 Å². The number of hydrogen-bond acceptors (Lipinski definition) is 2. The van der Waals surface area contributed by atoms with Crippen LogP contribution in [0, 0.1) is 5.41 Å². The van der Waals surface area contributed by atoms with E-state index >= 15 is 0 Å². The van der Waals surface area contributed by atoms with Gasteiger partial charge in [0.1, 0.15) is 4.99 Å². The highest BCUT2D eigenvalue weighted by Gasteiger charge is 2.41. The Bertz CT molecular complexity index is 455. The molecule has 98 valence electrons. The Balaban J connectivity index is 2.07. The molecular formula is C14H19BrN2S.